The summed E-state index contributed by atoms with van der Waals surface area (Å²) in [5.41, 5.74) is -1.41. The predicted molar refractivity (Wildman–Crippen MR) is 130 cm³/mol. The van der Waals surface area contributed by atoms with E-state index >= 15 is 0 Å². The third-order valence-electron chi connectivity index (χ3n) is 5.56. The fourth-order valence-electron chi connectivity index (χ4n) is 3.55. The Morgan fingerprint density at radius 2 is 1.65 bits per heavy atom. The maximum atomic E-state index is 14.5. The highest BCUT2D eigenvalue weighted by Crippen LogP contribution is 2.33. The fraction of sp³-hybridized carbons (Fsp3) is 0.280. The molecule has 0 saturated carbocycles. The van der Waals surface area contributed by atoms with E-state index in [1.807, 2.05) is 0 Å². The van der Waals surface area contributed by atoms with Gasteiger partial charge in [-0.1, -0.05) is 30.3 Å². The predicted octanol–water partition coefficient (Wildman–Crippen LogP) is 5.27. The number of halogens is 7. The smallest absolute Gasteiger partial charge is 0.406 e. The molecule has 15 heteroatoms. The van der Waals surface area contributed by atoms with Gasteiger partial charge in [-0.3, -0.25) is 4.79 Å². The summed E-state index contributed by atoms with van der Waals surface area (Å²) in [6.45, 7) is 0.791. The Morgan fingerprint density at radius 1 is 0.975 bits per heavy atom. The number of amides is 1. The maximum Gasteiger partial charge on any atom is 0.573 e. The Balaban J connectivity index is 1.83. The largest absolute Gasteiger partial charge is 0.573 e. The minimum atomic E-state index is -5.03. The zero-order valence-electron chi connectivity index (χ0n) is 20.8. The first-order valence-electron chi connectivity index (χ1n) is 11.4. The molecule has 0 spiro atoms. The summed E-state index contributed by atoms with van der Waals surface area (Å²) in [6, 6.07) is 9.71. The highest BCUT2D eigenvalue weighted by Gasteiger charge is 2.34. The number of alkyl halides is 6. The summed E-state index contributed by atoms with van der Waals surface area (Å²) >= 11 is 0. The van der Waals surface area contributed by atoms with Crippen molar-refractivity contribution >= 4 is 15.9 Å². The van der Waals surface area contributed by atoms with Gasteiger partial charge in [0.15, 0.2) is 0 Å². The van der Waals surface area contributed by atoms with Crippen LogP contribution in [0.25, 0.3) is 11.3 Å². The van der Waals surface area contributed by atoms with Gasteiger partial charge in [-0.05, 0) is 42.3 Å². The van der Waals surface area contributed by atoms with Crippen molar-refractivity contribution in [3.63, 3.8) is 0 Å². The fourth-order valence-corrected chi connectivity index (χ4v) is 3.97. The van der Waals surface area contributed by atoms with E-state index in [1.165, 1.54) is 25.1 Å². The number of aromatic nitrogens is 1. The van der Waals surface area contributed by atoms with Gasteiger partial charge in [-0.2, -0.15) is 13.2 Å². The van der Waals surface area contributed by atoms with E-state index in [0.29, 0.717) is 6.07 Å². The van der Waals surface area contributed by atoms with Gasteiger partial charge in [-0.15, -0.1) is 13.2 Å². The van der Waals surface area contributed by atoms with Crippen LogP contribution in [0.5, 0.6) is 5.75 Å². The van der Waals surface area contributed by atoms with Crippen LogP contribution in [0.4, 0.5) is 30.7 Å². The number of pyridine rings is 1. The molecule has 0 aliphatic rings. The number of nitrogens with zero attached hydrogens (tertiary/aromatic N) is 1. The first-order valence-corrected chi connectivity index (χ1v) is 13.3. The first-order chi connectivity index (χ1) is 18.4. The molecule has 0 aliphatic heterocycles. The normalized spacial score (nSPS) is 13.1. The number of carbonyl (C=O) groups is 1. The third kappa shape index (κ3) is 8.64. The molecule has 40 heavy (non-hydrogen) atoms. The molecule has 0 radical (unpaired) electrons. The number of ether oxygens (including phenoxy) is 1. The van der Waals surface area contributed by atoms with Gasteiger partial charge >= 0.3 is 12.5 Å². The molecular formula is C25H22F7N3O4S. The van der Waals surface area contributed by atoms with E-state index in [2.05, 4.69) is 19.8 Å². The molecule has 1 unspecified atom stereocenters. The van der Waals surface area contributed by atoms with Crippen molar-refractivity contribution in [1.82, 2.24) is 15.0 Å². The molecule has 216 valence electrons. The Bertz CT molecular complexity index is 1490. The molecule has 2 aromatic carbocycles. The summed E-state index contributed by atoms with van der Waals surface area (Å²) < 4.78 is 121. The highest BCUT2D eigenvalue weighted by atomic mass is 32.2. The monoisotopic (exact) mass is 593 g/mol. The van der Waals surface area contributed by atoms with Gasteiger partial charge in [0.2, 0.25) is 15.9 Å². The molecular weight excluding hydrogens is 571 g/mol. The van der Waals surface area contributed by atoms with Crippen LogP contribution in [0.2, 0.25) is 0 Å². The van der Waals surface area contributed by atoms with Crippen molar-refractivity contribution in [3.05, 3.63) is 82.8 Å². The lowest BCUT2D eigenvalue weighted by Gasteiger charge is -2.17. The number of benzene rings is 2. The Labute approximate surface area is 224 Å². The summed E-state index contributed by atoms with van der Waals surface area (Å²) in [7, 11) is -3.56. The van der Waals surface area contributed by atoms with Crippen LogP contribution in [-0.2, 0) is 34.1 Å². The van der Waals surface area contributed by atoms with E-state index in [4.69, 9.17) is 0 Å². The minimum Gasteiger partial charge on any atom is -0.406 e. The molecule has 3 rings (SSSR count). The lowest BCUT2D eigenvalue weighted by Crippen LogP contribution is -2.28. The van der Waals surface area contributed by atoms with Gasteiger partial charge < -0.3 is 10.1 Å². The SMILES string of the molecule is CC(C(=O)NCc1ccc(C(F)(F)F)nc1-c1cccc(OC(F)(F)F)c1)c1ccc(CNS(C)(=O)=O)c(F)c1. The summed E-state index contributed by atoms with van der Waals surface area (Å²) in [5, 5.41) is 2.51. The third-order valence-corrected chi connectivity index (χ3v) is 6.23. The second kappa shape index (κ2) is 11.8. The van der Waals surface area contributed by atoms with Gasteiger partial charge in [-0.25, -0.2) is 22.5 Å². The highest BCUT2D eigenvalue weighted by molar-refractivity contribution is 7.88. The lowest BCUT2D eigenvalue weighted by atomic mass is 9.98. The van der Waals surface area contributed by atoms with Crippen LogP contribution in [-0.4, -0.2) is 31.9 Å². The molecule has 0 fully saturated rings. The number of hydrogen-bond donors (Lipinski definition) is 2. The van der Waals surface area contributed by atoms with Crippen molar-refractivity contribution in [2.45, 2.75) is 38.5 Å². The molecule has 3 aromatic rings. The first kappa shape index (κ1) is 30.8. The van der Waals surface area contributed by atoms with Gasteiger partial charge in [0.1, 0.15) is 17.3 Å². The van der Waals surface area contributed by atoms with Gasteiger partial charge in [0.25, 0.3) is 0 Å². The average Bonchev–Trinajstić information content (AvgIpc) is 2.84. The molecule has 1 atom stereocenters. The zero-order chi connectivity index (χ0) is 29.9. The molecule has 7 nitrogen and oxygen atoms in total. The number of nitrogens with one attached hydrogen (secondary N) is 2. The molecule has 1 heterocycles. The molecule has 0 aliphatic carbocycles. The standard InChI is InChI=1S/C25H22F7N3O4S/c1-14(15-6-7-17(20(26)11-15)13-34-40(2,37)38)23(36)33-12-18-8-9-21(24(27,28)29)35-22(18)16-4-3-5-19(10-16)39-25(30,31)32/h3-11,14,34H,12-13H2,1-2H3,(H,33,36). The van der Waals surface area contributed by atoms with Crippen molar-refractivity contribution < 1.29 is 48.7 Å². The quantitative estimate of drug-likeness (QED) is 0.330. The van der Waals surface area contributed by atoms with Crippen molar-refractivity contribution in [2.24, 2.45) is 0 Å². The van der Waals surface area contributed by atoms with E-state index in [9.17, 15) is 43.9 Å². The van der Waals surface area contributed by atoms with E-state index < -0.39 is 51.6 Å². The van der Waals surface area contributed by atoms with Crippen LogP contribution >= 0.6 is 0 Å². The van der Waals surface area contributed by atoms with Crippen LogP contribution in [0.1, 0.15) is 35.2 Å². The maximum absolute atomic E-state index is 14.5. The summed E-state index contributed by atoms with van der Waals surface area (Å²) in [6.07, 6.45) is -8.97. The second-order valence-electron chi connectivity index (χ2n) is 8.66. The summed E-state index contributed by atoms with van der Waals surface area (Å²) in [4.78, 5) is 16.4. The average molecular weight is 594 g/mol. The number of sulfonamides is 1. The van der Waals surface area contributed by atoms with Crippen LogP contribution in [0, 0.1) is 5.82 Å². The van der Waals surface area contributed by atoms with Crippen molar-refractivity contribution in [2.75, 3.05) is 6.26 Å². The van der Waals surface area contributed by atoms with Crippen LogP contribution in [0.3, 0.4) is 0 Å². The van der Waals surface area contributed by atoms with Gasteiger partial charge in [0.05, 0.1) is 17.9 Å². The number of carbonyl (C=O) groups excluding carboxylic acids is 1. The Kier molecular flexibility index (Phi) is 9.09. The number of hydrogen-bond acceptors (Lipinski definition) is 5. The molecule has 0 bridgehead atoms. The van der Waals surface area contributed by atoms with Crippen LogP contribution in [0.15, 0.2) is 54.6 Å². The topological polar surface area (TPSA) is 97.4 Å². The number of rotatable bonds is 9. The Hall–Kier alpha value is -3.72. The minimum absolute atomic E-state index is 0.0407. The summed E-state index contributed by atoms with van der Waals surface area (Å²) in [5.74, 6) is -3.00. The molecule has 1 aromatic heterocycles. The van der Waals surface area contributed by atoms with Gasteiger partial charge in [0, 0.05) is 24.2 Å². The van der Waals surface area contributed by atoms with E-state index in [0.717, 1.165) is 36.6 Å². The van der Waals surface area contributed by atoms with Crippen molar-refractivity contribution in [1.29, 1.82) is 0 Å². The Morgan fingerprint density at radius 3 is 2.25 bits per heavy atom. The van der Waals surface area contributed by atoms with E-state index in [1.54, 1.807) is 0 Å². The molecule has 2 N–H and O–H groups in total. The molecule has 0 saturated heterocycles. The lowest BCUT2D eigenvalue weighted by molar-refractivity contribution is -0.274. The van der Waals surface area contributed by atoms with E-state index in [-0.39, 0.29) is 41.0 Å². The second-order valence-corrected chi connectivity index (χ2v) is 10.5. The van der Waals surface area contributed by atoms with Crippen LogP contribution < -0.4 is 14.8 Å². The molecule has 1 amide bonds. The van der Waals surface area contributed by atoms with Crippen molar-refractivity contribution in [3.8, 4) is 17.0 Å². The zero-order valence-corrected chi connectivity index (χ0v) is 21.6.